The molecule has 0 radical (unpaired) electrons. The summed E-state index contributed by atoms with van der Waals surface area (Å²) in [6.07, 6.45) is 2.24. The van der Waals surface area contributed by atoms with E-state index in [1.807, 2.05) is 11.3 Å². The lowest BCUT2D eigenvalue weighted by atomic mass is 9.33. The van der Waals surface area contributed by atoms with Crippen molar-refractivity contribution in [3.63, 3.8) is 0 Å². The summed E-state index contributed by atoms with van der Waals surface area (Å²) in [6.45, 7) is 23.7. The van der Waals surface area contributed by atoms with E-state index in [-0.39, 0.29) is 28.4 Å². The highest BCUT2D eigenvalue weighted by Gasteiger charge is 2.48. The van der Waals surface area contributed by atoms with E-state index in [9.17, 15) is 0 Å². The Balaban J connectivity index is 1.13. The third-order valence-corrected chi connectivity index (χ3v) is 19.7. The molecule has 3 aliphatic rings. The normalized spacial score (nSPS) is 15.2. The number of nitrogens with zero attached hydrogens (tertiary/aromatic N) is 3. The molecule has 6 heteroatoms. The largest absolute Gasteiger partial charge is 0.456 e. The number of hydrogen-bond acceptors (Lipinski definition) is 5. The van der Waals surface area contributed by atoms with Gasteiger partial charge in [-0.15, -0.1) is 11.3 Å². The summed E-state index contributed by atoms with van der Waals surface area (Å²) in [5.74, 6) is 0. The van der Waals surface area contributed by atoms with Gasteiger partial charge in [-0.25, -0.2) is 0 Å². The molecule has 402 valence electrons. The summed E-state index contributed by atoms with van der Waals surface area (Å²) in [5.41, 5.74) is 23.8. The van der Waals surface area contributed by atoms with Gasteiger partial charge in [0.15, 0.2) is 0 Å². The summed E-state index contributed by atoms with van der Waals surface area (Å²) in [5, 5.41) is 4.81. The molecular formula is C76H68BN3OS. The molecule has 0 bridgehead atoms. The van der Waals surface area contributed by atoms with Crippen LogP contribution in [-0.2, 0) is 21.7 Å². The van der Waals surface area contributed by atoms with Crippen molar-refractivity contribution in [2.24, 2.45) is 0 Å². The Kier molecular flexibility index (Phi) is 11.2. The molecule has 4 nitrogen and oxygen atoms in total. The van der Waals surface area contributed by atoms with Crippen LogP contribution >= 0.6 is 11.3 Å². The van der Waals surface area contributed by atoms with Gasteiger partial charge in [-0.1, -0.05) is 184 Å². The molecule has 82 heavy (non-hydrogen) atoms. The maximum absolute atomic E-state index is 6.61. The van der Waals surface area contributed by atoms with Crippen LogP contribution < -0.4 is 31.1 Å². The minimum atomic E-state index is -0.116. The quantitative estimate of drug-likeness (QED) is 0.155. The first-order valence-electron chi connectivity index (χ1n) is 29.4. The first-order valence-corrected chi connectivity index (χ1v) is 30.2. The van der Waals surface area contributed by atoms with Gasteiger partial charge in [0.05, 0.1) is 17.1 Å². The van der Waals surface area contributed by atoms with Gasteiger partial charge in [0, 0.05) is 70.6 Å². The number of para-hydroxylation sites is 2. The SMILES string of the molecule is CC(C)(C)c1ccc(N(c2ccccc2)c2cc3c4c(c2)N(c2ccc(C(C)(C)C)cc2-c2ccccc2)c2c(ccc5sc6ccccc6c25)B4c2cc4c(cc2N3c2ccc3oc5ccccc5c3c2)C(C)(C)CCC4(C)C)cc1. The highest BCUT2D eigenvalue weighted by Crippen LogP contribution is 2.55. The maximum atomic E-state index is 6.61. The molecule has 0 saturated heterocycles. The van der Waals surface area contributed by atoms with Gasteiger partial charge in [-0.05, 0) is 170 Å². The zero-order chi connectivity index (χ0) is 56.2. The van der Waals surface area contributed by atoms with Gasteiger partial charge in [-0.3, -0.25) is 0 Å². The Labute approximate surface area is 487 Å². The molecule has 0 spiro atoms. The number of fused-ring (bicyclic) bond motifs is 12. The summed E-state index contributed by atoms with van der Waals surface area (Å²) >= 11 is 1.90. The van der Waals surface area contributed by atoms with Crippen molar-refractivity contribution in [3.05, 3.63) is 229 Å². The third-order valence-electron chi connectivity index (χ3n) is 18.6. The van der Waals surface area contributed by atoms with Gasteiger partial charge in [0.2, 0.25) is 0 Å². The number of hydrogen-bond donors (Lipinski definition) is 0. The highest BCUT2D eigenvalue weighted by molar-refractivity contribution is 7.26. The predicted octanol–water partition coefficient (Wildman–Crippen LogP) is 20.1. The Hall–Kier alpha value is -8.32. The van der Waals surface area contributed by atoms with E-state index in [2.05, 4.69) is 290 Å². The number of benzene rings is 10. The molecule has 0 saturated carbocycles. The van der Waals surface area contributed by atoms with Crippen LogP contribution in [-0.4, -0.2) is 6.71 Å². The molecule has 0 fully saturated rings. The molecule has 0 unspecified atom stereocenters. The van der Waals surface area contributed by atoms with E-state index >= 15 is 0 Å². The molecule has 2 aromatic heterocycles. The second kappa shape index (κ2) is 18.1. The predicted molar refractivity (Wildman–Crippen MR) is 353 cm³/mol. The van der Waals surface area contributed by atoms with Crippen LogP contribution in [0.25, 0.3) is 53.2 Å². The van der Waals surface area contributed by atoms with E-state index < -0.39 is 0 Å². The van der Waals surface area contributed by atoms with Crippen molar-refractivity contribution in [1.29, 1.82) is 0 Å². The van der Waals surface area contributed by atoms with Crippen LogP contribution in [0.2, 0.25) is 0 Å². The lowest BCUT2D eigenvalue weighted by molar-refractivity contribution is 0.332. The monoisotopic (exact) mass is 1080 g/mol. The fraction of sp³-hybridized carbons (Fsp3) is 0.211. The van der Waals surface area contributed by atoms with E-state index in [4.69, 9.17) is 4.42 Å². The molecule has 0 atom stereocenters. The summed E-state index contributed by atoms with van der Waals surface area (Å²) < 4.78 is 9.19. The second-order valence-electron chi connectivity index (χ2n) is 26.8. The average Bonchev–Trinajstić information content (AvgIpc) is 1.53. The molecule has 0 N–H and O–H groups in total. The standard InChI is InChI=1S/C76H68BN3OS/c1-73(2,3)48-29-32-51(33-30-48)78(50-23-15-12-16-24-50)53-43-64-71-65(44-53)80(62-36-31-49(74(4,5)6)41-56(62)47-21-13-11-14-22-47)72-60(35-38-69-70(72)55-26-18-20-28-68(55)82-69)77(71)61-45-58-59(76(9,10)40-39-75(58,7)8)46-63(61)79(64)52-34-37-67-57(42-52)54-25-17-19-27-66(54)81-67/h11-38,41-46H,39-40H2,1-10H3. The number of rotatable bonds is 6. The van der Waals surface area contributed by atoms with Crippen molar-refractivity contribution in [2.75, 3.05) is 14.7 Å². The summed E-state index contributed by atoms with van der Waals surface area (Å²) in [6, 6.07) is 78.5. The third kappa shape index (κ3) is 7.84. The Morgan fingerprint density at radius 3 is 1.79 bits per heavy atom. The zero-order valence-electron chi connectivity index (χ0n) is 48.8. The first-order chi connectivity index (χ1) is 39.4. The topological polar surface area (TPSA) is 22.9 Å². The van der Waals surface area contributed by atoms with Crippen molar-refractivity contribution < 1.29 is 4.42 Å². The van der Waals surface area contributed by atoms with Gasteiger partial charge < -0.3 is 19.1 Å². The van der Waals surface area contributed by atoms with Crippen molar-refractivity contribution in [1.82, 2.24) is 0 Å². The molecule has 4 heterocycles. The van der Waals surface area contributed by atoms with Crippen LogP contribution in [0.5, 0.6) is 0 Å². The summed E-state index contributed by atoms with van der Waals surface area (Å²) in [7, 11) is 0. The molecule has 1 aliphatic carbocycles. The van der Waals surface area contributed by atoms with Crippen molar-refractivity contribution >= 4 is 128 Å². The second-order valence-corrected chi connectivity index (χ2v) is 27.9. The molecule has 10 aromatic carbocycles. The lowest BCUT2D eigenvalue weighted by Gasteiger charge is -2.48. The van der Waals surface area contributed by atoms with Crippen LogP contribution in [0.1, 0.15) is 104 Å². The van der Waals surface area contributed by atoms with E-state index in [1.165, 1.54) is 87.0 Å². The van der Waals surface area contributed by atoms with Crippen LogP contribution in [0.4, 0.5) is 51.2 Å². The van der Waals surface area contributed by atoms with Crippen LogP contribution in [0.3, 0.4) is 0 Å². The minimum Gasteiger partial charge on any atom is -0.456 e. The summed E-state index contributed by atoms with van der Waals surface area (Å²) in [4.78, 5) is 7.84. The van der Waals surface area contributed by atoms with Gasteiger partial charge in [0.1, 0.15) is 11.2 Å². The fourth-order valence-electron chi connectivity index (χ4n) is 14.0. The van der Waals surface area contributed by atoms with E-state index in [0.29, 0.717) is 0 Å². The van der Waals surface area contributed by atoms with Crippen molar-refractivity contribution in [3.8, 4) is 11.1 Å². The molecular weight excluding hydrogens is 1010 g/mol. The highest BCUT2D eigenvalue weighted by atomic mass is 32.1. The molecule has 12 aromatic rings. The maximum Gasteiger partial charge on any atom is 0.252 e. The Morgan fingerprint density at radius 1 is 0.463 bits per heavy atom. The fourth-order valence-corrected chi connectivity index (χ4v) is 15.1. The zero-order valence-corrected chi connectivity index (χ0v) is 49.6. The molecule has 15 rings (SSSR count). The number of anilines is 9. The minimum absolute atomic E-state index is 0.0105. The Bertz CT molecular complexity index is 4550. The van der Waals surface area contributed by atoms with Crippen molar-refractivity contribution in [2.45, 2.75) is 104 Å². The average molecular weight is 1080 g/mol. The van der Waals surface area contributed by atoms with Crippen LogP contribution in [0.15, 0.2) is 211 Å². The number of thiophene rings is 1. The van der Waals surface area contributed by atoms with Crippen LogP contribution in [0, 0.1) is 0 Å². The molecule has 2 aliphatic heterocycles. The lowest BCUT2D eigenvalue weighted by Crippen LogP contribution is -2.62. The smallest absolute Gasteiger partial charge is 0.252 e. The first kappa shape index (κ1) is 50.6. The molecule has 0 amide bonds. The Morgan fingerprint density at radius 2 is 1.07 bits per heavy atom. The van der Waals surface area contributed by atoms with E-state index in [1.54, 1.807) is 0 Å². The van der Waals surface area contributed by atoms with Gasteiger partial charge in [-0.2, -0.15) is 0 Å². The number of furan rings is 1. The van der Waals surface area contributed by atoms with E-state index in [0.717, 1.165) is 68.9 Å². The van der Waals surface area contributed by atoms with Gasteiger partial charge >= 0.3 is 0 Å². The van der Waals surface area contributed by atoms with Gasteiger partial charge in [0.25, 0.3) is 6.71 Å².